The standard InChI is InChI=1S/C16H18F3NO3/c1-11-5-6-22-15(11)9-20-8-13(21)10-23-14-4-2-3-12(7-14)16(17,18)19/h2-7,13,20-21H,8-10H2,1H3. The lowest BCUT2D eigenvalue weighted by Crippen LogP contribution is -2.31. The molecule has 0 aliphatic carbocycles. The van der Waals surface area contributed by atoms with Crippen LogP contribution in [0.15, 0.2) is 41.0 Å². The first-order chi connectivity index (χ1) is 10.9. The van der Waals surface area contributed by atoms with Gasteiger partial charge in [-0.2, -0.15) is 13.2 Å². The second kappa shape index (κ2) is 7.52. The number of alkyl halides is 3. The van der Waals surface area contributed by atoms with Crippen molar-refractivity contribution in [1.82, 2.24) is 5.32 Å². The third kappa shape index (κ3) is 5.30. The Bertz CT molecular complexity index is 625. The third-order valence-corrected chi connectivity index (χ3v) is 3.24. The Morgan fingerprint density at radius 1 is 1.30 bits per heavy atom. The molecule has 23 heavy (non-hydrogen) atoms. The van der Waals surface area contributed by atoms with Gasteiger partial charge in [-0.1, -0.05) is 6.07 Å². The number of hydrogen-bond donors (Lipinski definition) is 2. The van der Waals surface area contributed by atoms with Crippen LogP contribution in [0.5, 0.6) is 5.75 Å². The summed E-state index contributed by atoms with van der Waals surface area (Å²) < 4.78 is 48.2. The van der Waals surface area contributed by atoms with E-state index in [1.165, 1.54) is 12.1 Å². The second-order valence-corrected chi connectivity index (χ2v) is 5.15. The van der Waals surface area contributed by atoms with Gasteiger partial charge in [0.2, 0.25) is 0 Å². The Morgan fingerprint density at radius 2 is 2.09 bits per heavy atom. The molecule has 0 saturated carbocycles. The van der Waals surface area contributed by atoms with Crippen molar-refractivity contribution in [3.05, 3.63) is 53.5 Å². The third-order valence-electron chi connectivity index (χ3n) is 3.24. The van der Waals surface area contributed by atoms with E-state index in [0.717, 1.165) is 23.5 Å². The van der Waals surface area contributed by atoms with Crippen LogP contribution in [0, 0.1) is 6.92 Å². The Hall–Kier alpha value is -1.99. The smallest absolute Gasteiger partial charge is 0.416 e. The molecule has 7 heteroatoms. The lowest BCUT2D eigenvalue weighted by molar-refractivity contribution is -0.137. The zero-order valence-corrected chi connectivity index (χ0v) is 12.6. The summed E-state index contributed by atoms with van der Waals surface area (Å²) in [7, 11) is 0. The van der Waals surface area contributed by atoms with Gasteiger partial charge in [0.05, 0.1) is 18.4 Å². The highest BCUT2D eigenvalue weighted by atomic mass is 19.4. The number of furan rings is 1. The average Bonchev–Trinajstić information content (AvgIpc) is 2.90. The molecular weight excluding hydrogens is 311 g/mol. The van der Waals surface area contributed by atoms with E-state index >= 15 is 0 Å². The van der Waals surface area contributed by atoms with Crippen LogP contribution in [0.3, 0.4) is 0 Å². The van der Waals surface area contributed by atoms with Crippen molar-refractivity contribution in [3.8, 4) is 5.75 Å². The average molecular weight is 329 g/mol. The molecule has 1 unspecified atom stereocenters. The van der Waals surface area contributed by atoms with Gasteiger partial charge in [0, 0.05) is 6.54 Å². The Labute approximate surface area is 131 Å². The first-order valence-corrected chi connectivity index (χ1v) is 7.08. The van der Waals surface area contributed by atoms with Crippen molar-refractivity contribution in [2.24, 2.45) is 0 Å². The van der Waals surface area contributed by atoms with Crippen LogP contribution in [0.4, 0.5) is 13.2 Å². The van der Waals surface area contributed by atoms with Gasteiger partial charge in [0.15, 0.2) is 0 Å². The molecule has 0 fully saturated rings. The SMILES string of the molecule is Cc1ccoc1CNCC(O)COc1cccc(C(F)(F)F)c1. The molecule has 1 heterocycles. The number of aliphatic hydroxyl groups is 1. The number of rotatable bonds is 7. The highest BCUT2D eigenvalue weighted by Gasteiger charge is 2.30. The minimum atomic E-state index is -4.42. The Balaban J connectivity index is 1.76. The van der Waals surface area contributed by atoms with Crippen molar-refractivity contribution in [3.63, 3.8) is 0 Å². The fraction of sp³-hybridized carbons (Fsp3) is 0.375. The van der Waals surface area contributed by atoms with E-state index in [0.29, 0.717) is 6.54 Å². The van der Waals surface area contributed by atoms with Crippen molar-refractivity contribution in [2.45, 2.75) is 25.7 Å². The predicted molar refractivity (Wildman–Crippen MR) is 78.1 cm³/mol. The molecule has 0 amide bonds. The normalized spacial score (nSPS) is 13.1. The molecule has 0 aliphatic rings. The predicted octanol–water partition coefficient (Wildman–Crippen LogP) is 3.14. The maximum Gasteiger partial charge on any atom is 0.416 e. The largest absolute Gasteiger partial charge is 0.491 e. The number of ether oxygens (including phenoxy) is 1. The summed E-state index contributed by atoms with van der Waals surface area (Å²) in [4.78, 5) is 0. The van der Waals surface area contributed by atoms with Gasteiger partial charge in [-0.05, 0) is 36.8 Å². The van der Waals surface area contributed by atoms with Crippen LogP contribution in [-0.4, -0.2) is 24.4 Å². The van der Waals surface area contributed by atoms with E-state index in [2.05, 4.69) is 5.32 Å². The summed E-state index contributed by atoms with van der Waals surface area (Å²) in [5.74, 6) is 0.844. The summed E-state index contributed by atoms with van der Waals surface area (Å²) in [6.07, 6.45) is -3.68. The number of halogens is 3. The first kappa shape index (κ1) is 17.4. The first-order valence-electron chi connectivity index (χ1n) is 7.08. The number of aliphatic hydroxyl groups excluding tert-OH is 1. The van der Waals surface area contributed by atoms with Crippen molar-refractivity contribution >= 4 is 0 Å². The number of hydrogen-bond acceptors (Lipinski definition) is 4. The monoisotopic (exact) mass is 329 g/mol. The van der Waals surface area contributed by atoms with Crippen LogP contribution < -0.4 is 10.1 Å². The van der Waals surface area contributed by atoms with E-state index in [1.807, 2.05) is 13.0 Å². The number of aryl methyl sites for hydroxylation is 1. The molecule has 0 radical (unpaired) electrons. The van der Waals surface area contributed by atoms with Crippen LogP contribution >= 0.6 is 0 Å². The summed E-state index contributed by atoms with van der Waals surface area (Å²) in [6.45, 7) is 2.50. The van der Waals surface area contributed by atoms with Gasteiger partial charge in [-0.3, -0.25) is 0 Å². The maximum atomic E-state index is 12.6. The van der Waals surface area contributed by atoms with Gasteiger partial charge in [0.25, 0.3) is 0 Å². The van der Waals surface area contributed by atoms with E-state index in [-0.39, 0.29) is 18.9 Å². The fourth-order valence-electron chi connectivity index (χ4n) is 1.95. The number of benzene rings is 1. The van der Waals surface area contributed by atoms with Crippen LogP contribution in [0.25, 0.3) is 0 Å². The van der Waals surface area contributed by atoms with Crippen LogP contribution in [0.1, 0.15) is 16.9 Å². The molecule has 0 spiro atoms. The van der Waals surface area contributed by atoms with Gasteiger partial charge < -0.3 is 19.6 Å². The molecular formula is C16H18F3NO3. The van der Waals surface area contributed by atoms with Gasteiger partial charge in [-0.15, -0.1) is 0 Å². The van der Waals surface area contributed by atoms with Crippen LogP contribution in [-0.2, 0) is 12.7 Å². The molecule has 0 bridgehead atoms. The molecule has 1 aromatic heterocycles. The molecule has 2 rings (SSSR count). The highest BCUT2D eigenvalue weighted by Crippen LogP contribution is 2.31. The summed E-state index contributed by atoms with van der Waals surface area (Å²) >= 11 is 0. The second-order valence-electron chi connectivity index (χ2n) is 5.15. The van der Waals surface area contributed by atoms with Gasteiger partial charge in [0.1, 0.15) is 24.2 Å². The fourth-order valence-corrected chi connectivity index (χ4v) is 1.95. The zero-order valence-electron chi connectivity index (χ0n) is 12.6. The summed E-state index contributed by atoms with van der Waals surface area (Å²) in [5.41, 5.74) is 0.225. The molecule has 0 aliphatic heterocycles. The zero-order chi connectivity index (χ0) is 16.9. The molecule has 2 aromatic rings. The van der Waals surface area contributed by atoms with E-state index in [1.54, 1.807) is 6.26 Å². The minimum absolute atomic E-state index is 0.0701. The Kier molecular flexibility index (Phi) is 5.68. The van der Waals surface area contributed by atoms with Crippen molar-refractivity contribution < 1.29 is 27.4 Å². The molecule has 1 aromatic carbocycles. The number of nitrogens with one attached hydrogen (secondary N) is 1. The molecule has 4 nitrogen and oxygen atoms in total. The van der Waals surface area contributed by atoms with E-state index in [9.17, 15) is 18.3 Å². The van der Waals surface area contributed by atoms with Crippen LogP contribution in [0.2, 0.25) is 0 Å². The van der Waals surface area contributed by atoms with Crippen molar-refractivity contribution in [2.75, 3.05) is 13.2 Å². The molecule has 126 valence electrons. The lowest BCUT2D eigenvalue weighted by Gasteiger charge is -2.14. The Morgan fingerprint density at radius 3 is 2.74 bits per heavy atom. The van der Waals surface area contributed by atoms with Crippen molar-refractivity contribution in [1.29, 1.82) is 0 Å². The molecule has 1 atom stereocenters. The maximum absolute atomic E-state index is 12.6. The summed E-state index contributed by atoms with van der Waals surface area (Å²) in [6, 6.07) is 6.40. The summed E-state index contributed by atoms with van der Waals surface area (Å²) in [5, 5.41) is 12.8. The lowest BCUT2D eigenvalue weighted by atomic mass is 10.2. The van der Waals surface area contributed by atoms with E-state index < -0.39 is 17.8 Å². The van der Waals surface area contributed by atoms with Gasteiger partial charge >= 0.3 is 6.18 Å². The van der Waals surface area contributed by atoms with E-state index in [4.69, 9.17) is 9.15 Å². The minimum Gasteiger partial charge on any atom is -0.491 e. The molecule has 0 saturated heterocycles. The molecule has 2 N–H and O–H groups in total. The quantitative estimate of drug-likeness (QED) is 0.819. The van der Waals surface area contributed by atoms with Gasteiger partial charge in [-0.25, -0.2) is 0 Å². The topological polar surface area (TPSA) is 54.6 Å². The highest BCUT2D eigenvalue weighted by molar-refractivity contribution is 5.30.